The van der Waals surface area contributed by atoms with Crippen molar-refractivity contribution in [3.8, 4) is 6.07 Å². The fourth-order valence-corrected chi connectivity index (χ4v) is 2.74. The number of nitriles is 1. The number of carbonyl (C=O) groups is 1. The van der Waals surface area contributed by atoms with Gasteiger partial charge in [-0.1, -0.05) is 12.1 Å². The number of aromatic amines is 1. The van der Waals surface area contributed by atoms with Crippen molar-refractivity contribution in [3.05, 3.63) is 47.2 Å². The van der Waals surface area contributed by atoms with E-state index >= 15 is 0 Å². The fraction of sp³-hybridized carbons (Fsp3) is 0.0833. The van der Waals surface area contributed by atoms with Crippen LogP contribution in [-0.2, 0) is 16.6 Å². The number of carboxylic acid groups (broad SMARTS) is 1. The van der Waals surface area contributed by atoms with Gasteiger partial charge in [0.05, 0.1) is 17.8 Å². The number of carboxylic acids is 1. The molecule has 1 aromatic carbocycles. The van der Waals surface area contributed by atoms with E-state index in [-0.39, 0.29) is 6.54 Å². The summed E-state index contributed by atoms with van der Waals surface area (Å²) in [7, 11) is -4.04. The molecule has 8 nitrogen and oxygen atoms in total. The predicted molar refractivity (Wildman–Crippen MR) is 70.7 cm³/mol. The molecule has 0 atom stereocenters. The average molecular weight is 306 g/mol. The Morgan fingerprint density at radius 1 is 1.48 bits per heavy atom. The summed E-state index contributed by atoms with van der Waals surface area (Å²) in [4.78, 5) is 10.9. The lowest BCUT2D eigenvalue weighted by Gasteiger charge is -2.06. The maximum Gasteiger partial charge on any atom is 0.340 e. The molecule has 0 bridgehead atoms. The molecule has 0 aliphatic rings. The Morgan fingerprint density at radius 3 is 2.90 bits per heavy atom. The van der Waals surface area contributed by atoms with E-state index in [1.165, 1.54) is 6.07 Å². The molecule has 108 valence electrons. The molecular weight excluding hydrogens is 296 g/mol. The van der Waals surface area contributed by atoms with Crippen molar-refractivity contribution >= 4 is 16.0 Å². The molecule has 0 saturated carbocycles. The Bertz CT molecular complexity index is 820. The molecule has 0 aliphatic carbocycles. The number of rotatable bonds is 5. The van der Waals surface area contributed by atoms with Crippen LogP contribution >= 0.6 is 0 Å². The molecule has 2 aromatic rings. The number of hydrogen-bond acceptors (Lipinski definition) is 5. The summed E-state index contributed by atoms with van der Waals surface area (Å²) in [6.45, 7) is -0.0735. The molecule has 1 aromatic heterocycles. The predicted octanol–water partition coefficient (Wildman–Crippen LogP) is 0.458. The number of aromatic nitrogens is 2. The van der Waals surface area contributed by atoms with E-state index in [1.807, 2.05) is 6.07 Å². The highest BCUT2D eigenvalue weighted by Gasteiger charge is 2.24. The second-order valence-corrected chi connectivity index (χ2v) is 5.76. The minimum atomic E-state index is -4.04. The summed E-state index contributed by atoms with van der Waals surface area (Å²) >= 11 is 0. The van der Waals surface area contributed by atoms with Gasteiger partial charge in [0.2, 0.25) is 0 Å². The molecule has 3 N–H and O–H groups in total. The lowest BCUT2D eigenvalue weighted by atomic mass is 10.1. The summed E-state index contributed by atoms with van der Waals surface area (Å²) in [5, 5.41) is 22.7. The minimum Gasteiger partial charge on any atom is -0.478 e. The first-order valence-corrected chi connectivity index (χ1v) is 7.18. The molecule has 0 radical (unpaired) electrons. The summed E-state index contributed by atoms with van der Waals surface area (Å²) in [6, 6.07) is 8.35. The van der Waals surface area contributed by atoms with Crippen molar-refractivity contribution in [2.24, 2.45) is 0 Å². The standard InChI is InChI=1S/C12H10N4O4S/c13-5-8-2-1-3-9(4-8)6-15-21(19,20)11-10(12(17)18)7-14-16-11/h1-4,7,15H,6H2,(H,14,16)(H,17,18). The van der Waals surface area contributed by atoms with Crippen LogP contribution in [0.2, 0.25) is 0 Å². The topological polar surface area (TPSA) is 136 Å². The van der Waals surface area contributed by atoms with Gasteiger partial charge in [-0.2, -0.15) is 10.4 Å². The zero-order valence-corrected chi connectivity index (χ0v) is 11.4. The zero-order valence-electron chi connectivity index (χ0n) is 10.6. The number of sulfonamides is 1. The largest absolute Gasteiger partial charge is 0.478 e. The third-order valence-corrected chi connectivity index (χ3v) is 4.00. The minimum absolute atomic E-state index is 0.0735. The lowest BCUT2D eigenvalue weighted by Crippen LogP contribution is -2.25. The monoisotopic (exact) mass is 306 g/mol. The summed E-state index contributed by atoms with van der Waals surface area (Å²) < 4.78 is 26.3. The van der Waals surface area contributed by atoms with Gasteiger partial charge >= 0.3 is 5.97 Å². The average Bonchev–Trinajstić information content (AvgIpc) is 2.96. The van der Waals surface area contributed by atoms with Gasteiger partial charge in [0.1, 0.15) is 5.56 Å². The molecule has 2 rings (SSSR count). The molecular formula is C12H10N4O4S. The van der Waals surface area contributed by atoms with Gasteiger partial charge in [-0.3, -0.25) is 5.10 Å². The van der Waals surface area contributed by atoms with Gasteiger partial charge < -0.3 is 5.11 Å². The first kappa shape index (κ1) is 14.7. The van der Waals surface area contributed by atoms with Crippen LogP contribution in [0.3, 0.4) is 0 Å². The van der Waals surface area contributed by atoms with E-state index in [2.05, 4.69) is 14.9 Å². The molecule has 0 saturated heterocycles. The summed E-state index contributed by atoms with van der Waals surface area (Å²) in [6.07, 6.45) is 0.924. The highest BCUT2D eigenvalue weighted by molar-refractivity contribution is 7.89. The molecule has 0 spiro atoms. The number of H-pyrrole nitrogens is 1. The van der Waals surface area contributed by atoms with Crippen molar-refractivity contribution in [3.63, 3.8) is 0 Å². The Labute approximate surface area is 120 Å². The van der Waals surface area contributed by atoms with Crippen LogP contribution < -0.4 is 4.72 Å². The maximum atomic E-state index is 12.0. The van der Waals surface area contributed by atoms with Gasteiger partial charge in [0.15, 0.2) is 5.03 Å². The zero-order chi connectivity index (χ0) is 15.5. The molecule has 0 fully saturated rings. The second-order valence-electron chi connectivity index (χ2n) is 4.05. The highest BCUT2D eigenvalue weighted by Crippen LogP contribution is 2.12. The molecule has 1 heterocycles. The van der Waals surface area contributed by atoms with Crippen LogP contribution in [-0.4, -0.2) is 29.7 Å². The third-order valence-electron chi connectivity index (χ3n) is 2.63. The Hall–Kier alpha value is -2.70. The second kappa shape index (κ2) is 5.74. The van der Waals surface area contributed by atoms with Gasteiger partial charge in [-0.25, -0.2) is 17.9 Å². The van der Waals surface area contributed by atoms with E-state index in [0.717, 1.165) is 6.20 Å². The maximum absolute atomic E-state index is 12.0. The number of hydrogen-bond donors (Lipinski definition) is 3. The SMILES string of the molecule is N#Cc1cccc(CNS(=O)(=O)c2[nH]ncc2C(=O)O)c1. The fourth-order valence-electron chi connectivity index (χ4n) is 1.63. The number of benzene rings is 1. The summed E-state index contributed by atoms with van der Waals surface area (Å²) in [5.74, 6) is -1.39. The van der Waals surface area contributed by atoms with Gasteiger partial charge in [-0.05, 0) is 17.7 Å². The first-order chi connectivity index (χ1) is 9.94. The Balaban J connectivity index is 2.20. The van der Waals surface area contributed by atoms with Crippen molar-refractivity contribution in [1.82, 2.24) is 14.9 Å². The van der Waals surface area contributed by atoms with E-state index in [0.29, 0.717) is 11.1 Å². The van der Waals surface area contributed by atoms with E-state index in [4.69, 9.17) is 10.4 Å². The van der Waals surface area contributed by atoms with Crippen molar-refractivity contribution in [2.75, 3.05) is 0 Å². The van der Waals surface area contributed by atoms with Crippen LogP contribution in [0, 0.1) is 11.3 Å². The van der Waals surface area contributed by atoms with Crippen LogP contribution in [0.25, 0.3) is 0 Å². The van der Waals surface area contributed by atoms with E-state index < -0.39 is 26.6 Å². The van der Waals surface area contributed by atoms with Crippen molar-refractivity contribution in [2.45, 2.75) is 11.6 Å². The van der Waals surface area contributed by atoms with Gasteiger partial charge in [-0.15, -0.1) is 0 Å². The molecule has 0 unspecified atom stereocenters. The molecule has 0 aliphatic heterocycles. The smallest absolute Gasteiger partial charge is 0.340 e. The Morgan fingerprint density at radius 2 is 2.24 bits per heavy atom. The van der Waals surface area contributed by atoms with E-state index in [1.54, 1.807) is 18.2 Å². The van der Waals surface area contributed by atoms with Gasteiger partial charge in [0.25, 0.3) is 10.0 Å². The highest BCUT2D eigenvalue weighted by atomic mass is 32.2. The number of nitrogens with zero attached hydrogens (tertiary/aromatic N) is 2. The lowest BCUT2D eigenvalue weighted by molar-refractivity contribution is 0.0692. The molecule has 21 heavy (non-hydrogen) atoms. The van der Waals surface area contributed by atoms with Crippen LogP contribution in [0.5, 0.6) is 0 Å². The molecule has 9 heteroatoms. The van der Waals surface area contributed by atoms with Crippen LogP contribution in [0.15, 0.2) is 35.5 Å². The van der Waals surface area contributed by atoms with Crippen molar-refractivity contribution in [1.29, 1.82) is 5.26 Å². The number of aromatic carboxylic acids is 1. The molecule has 0 amide bonds. The first-order valence-electron chi connectivity index (χ1n) is 5.69. The van der Waals surface area contributed by atoms with E-state index in [9.17, 15) is 13.2 Å². The Kier molecular flexibility index (Phi) is 4.02. The van der Waals surface area contributed by atoms with Crippen LogP contribution in [0.1, 0.15) is 21.5 Å². The van der Waals surface area contributed by atoms with Crippen LogP contribution in [0.4, 0.5) is 0 Å². The number of nitrogens with one attached hydrogen (secondary N) is 2. The van der Waals surface area contributed by atoms with Gasteiger partial charge in [0, 0.05) is 6.54 Å². The van der Waals surface area contributed by atoms with Crippen molar-refractivity contribution < 1.29 is 18.3 Å². The quantitative estimate of drug-likeness (QED) is 0.734. The normalized spacial score (nSPS) is 11.0. The third kappa shape index (κ3) is 3.25. The summed E-state index contributed by atoms with van der Waals surface area (Å²) in [5.41, 5.74) is 0.543.